The smallest absolute Gasteiger partial charge is 0.389 e. The van der Waals surface area contributed by atoms with Gasteiger partial charge in [0.1, 0.15) is 97.3 Å². The molecule has 34 atom stereocenters. The first-order valence-electron chi connectivity index (χ1n) is 30.8. The summed E-state index contributed by atoms with van der Waals surface area (Å²) < 4.78 is 106. The van der Waals surface area contributed by atoms with E-state index < -0.39 is 198 Å². The fraction of sp³-hybridized carbons (Fsp3) is 0.948. The summed E-state index contributed by atoms with van der Waals surface area (Å²) in [6, 6.07) is 0. The predicted molar refractivity (Wildman–Crippen MR) is 296 cm³/mol. The van der Waals surface area contributed by atoms with Crippen molar-refractivity contribution >= 4 is 16.2 Å². The molecule has 14 N–H and O–H groups in total. The Balaban J connectivity index is 1.01. The third-order valence-electron chi connectivity index (χ3n) is 21.5. The van der Waals surface area contributed by atoms with Crippen LogP contribution in [0.2, 0.25) is 0 Å². The van der Waals surface area contributed by atoms with Crippen molar-refractivity contribution in [2.24, 2.45) is 46.3 Å². The lowest BCUT2D eigenvalue weighted by Gasteiger charge is -2.60. The Morgan fingerprint density at radius 2 is 1.17 bits per heavy atom. The van der Waals surface area contributed by atoms with Crippen LogP contribution < -0.4 is 0 Å². The first kappa shape index (κ1) is 70.6. The maximum Gasteiger partial charge on any atom is 0.397 e. The molecule has 0 radical (unpaired) electrons. The van der Waals surface area contributed by atoms with Crippen molar-refractivity contribution in [1.82, 2.24) is 0 Å². The van der Waals surface area contributed by atoms with E-state index in [0.717, 1.165) is 12.7 Å². The Morgan fingerprint density at radius 3 is 1.74 bits per heavy atom. The molecule has 4 aliphatic carbocycles. The number of ketones is 1. The maximum absolute atomic E-state index is 13.6. The molecule has 0 aromatic heterocycles. The van der Waals surface area contributed by atoms with Crippen molar-refractivity contribution in [1.29, 1.82) is 0 Å². The molecule has 9 aliphatic rings. The SMILES string of the molecule is CO[C@H]1O[C@@H](O[C@H]2[C@H](O)[C@@H](O[C@@H]3O[C@H](C)[C@@H](O)[C@H](O)[C@H]3O)[C@H](O[C@@H]3[C@@H](O)[C@H](O[C@H]4C[C@@H]5C(=CC[C@@]6(C)[C@H]5CC[C@@H]6[C@@](C)(O)CC(=O)[C@@H](C)C(C)C)[C@@]5(C)CC[C@H](OS(=O)(=O)O)C[C@H]45)O[C@H](C)C3(O)O)O[C@@H]2C)[C@H](O[C@@H]2O[C@H](C)[C@H](O)[C@H](O)[C@H]2O)[C@@H](O)[C@H]1O. The van der Waals surface area contributed by atoms with Gasteiger partial charge in [-0.05, 0) is 120 Å². The number of allylic oxidation sites excluding steroid dienone is 2. The number of ether oxygens (including phenoxy) is 11. The summed E-state index contributed by atoms with van der Waals surface area (Å²) >= 11 is 0. The number of carbonyl (C=O) groups is 1. The minimum atomic E-state index is -4.92. The Bertz CT molecular complexity index is 2540. The van der Waals surface area contributed by atoms with Gasteiger partial charge in [0, 0.05) is 19.4 Å². The number of hydrogen-bond acceptors (Lipinski definition) is 28. The summed E-state index contributed by atoms with van der Waals surface area (Å²) in [4.78, 5) is 13.6. The summed E-state index contributed by atoms with van der Waals surface area (Å²) in [5, 5.41) is 148. The van der Waals surface area contributed by atoms with Gasteiger partial charge in [0.2, 0.25) is 5.79 Å². The van der Waals surface area contributed by atoms with Crippen LogP contribution in [0.25, 0.3) is 0 Å². The molecule has 3 saturated carbocycles. The largest absolute Gasteiger partial charge is 0.397 e. The molecular formula is C58H96O29S. The van der Waals surface area contributed by atoms with E-state index in [2.05, 4.69) is 13.0 Å². The molecule has 0 aromatic rings. The van der Waals surface area contributed by atoms with Crippen molar-refractivity contribution in [3.8, 4) is 0 Å². The van der Waals surface area contributed by atoms with E-state index in [1.165, 1.54) is 27.7 Å². The van der Waals surface area contributed by atoms with E-state index in [1.807, 2.05) is 27.7 Å². The van der Waals surface area contributed by atoms with Crippen LogP contribution in [-0.4, -0.2) is 263 Å². The average molecular weight is 1290 g/mol. The number of Topliss-reactive ketones (excluding diaryl/α,β-unsaturated/α-hetero) is 1. The van der Waals surface area contributed by atoms with Gasteiger partial charge < -0.3 is 118 Å². The molecule has 30 heteroatoms. The van der Waals surface area contributed by atoms with Gasteiger partial charge in [-0.2, -0.15) is 8.42 Å². The number of carbonyl (C=O) groups excluding carboxylic acids is 1. The van der Waals surface area contributed by atoms with E-state index >= 15 is 0 Å². The molecule has 0 spiro atoms. The molecule has 0 amide bonds. The molecule has 9 rings (SSSR count). The number of hydrogen-bond donors (Lipinski definition) is 14. The molecule has 5 aliphatic heterocycles. The summed E-state index contributed by atoms with van der Waals surface area (Å²) in [5.74, 6) is -4.48. The highest BCUT2D eigenvalue weighted by atomic mass is 32.3. The Hall–Kier alpha value is -1.68. The zero-order valence-electron chi connectivity index (χ0n) is 51.5. The average Bonchev–Trinajstić information content (AvgIpc) is 1.55. The van der Waals surface area contributed by atoms with Crippen LogP contribution in [0.15, 0.2) is 11.6 Å². The van der Waals surface area contributed by atoms with Crippen molar-refractivity contribution in [3.05, 3.63) is 11.6 Å². The molecule has 0 bridgehead atoms. The second-order valence-electron chi connectivity index (χ2n) is 27.5. The van der Waals surface area contributed by atoms with E-state index in [1.54, 1.807) is 6.92 Å². The van der Waals surface area contributed by atoms with E-state index in [0.29, 0.717) is 25.7 Å². The van der Waals surface area contributed by atoms with Gasteiger partial charge in [-0.15, -0.1) is 0 Å². The normalized spacial score (nSPS) is 50.9. The van der Waals surface area contributed by atoms with Gasteiger partial charge in [0.05, 0.1) is 36.1 Å². The quantitative estimate of drug-likeness (QED) is 0.0397. The van der Waals surface area contributed by atoms with Crippen LogP contribution in [-0.2, 0) is 71.5 Å². The molecule has 29 nitrogen and oxygen atoms in total. The molecule has 5 saturated heterocycles. The molecule has 0 aromatic carbocycles. The van der Waals surface area contributed by atoms with Gasteiger partial charge in [-0.1, -0.05) is 46.3 Å². The van der Waals surface area contributed by atoms with Gasteiger partial charge >= 0.3 is 10.4 Å². The summed E-state index contributed by atoms with van der Waals surface area (Å²) in [6.07, 6.45) is -40.1. The molecule has 8 fully saturated rings. The monoisotopic (exact) mass is 1290 g/mol. The van der Waals surface area contributed by atoms with Crippen molar-refractivity contribution < 1.29 is 140 Å². The third-order valence-corrected chi connectivity index (χ3v) is 22.0. The van der Waals surface area contributed by atoms with E-state index in [4.69, 9.17) is 56.3 Å². The van der Waals surface area contributed by atoms with Crippen LogP contribution in [0.1, 0.15) is 121 Å². The minimum absolute atomic E-state index is 0.0229. The van der Waals surface area contributed by atoms with Crippen LogP contribution in [0.4, 0.5) is 0 Å². The van der Waals surface area contributed by atoms with E-state index in [-0.39, 0.29) is 61.1 Å². The third kappa shape index (κ3) is 13.4. The van der Waals surface area contributed by atoms with Crippen molar-refractivity contribution in [3.63, 3.8) is 0 Å². The summed E-state index contributed by atoms with van der Waals surface area (Å²) in [6.45, 7) is 17.0. The Kier molecular flexibility index (Phi) is 21.3. The Morgan fingerprint density at radius 1 is 0.636 bits per heavy atom. The Labute approximate surface area is 511 Å². The van der Waals surface area contributed by atoms with Crippen LogP contribution in [0.5, 0.6) is 0 Å². The molecule has 0 unspecified atom stereocenters. The highest BCUT2D eigenvalue weighted by Gasteiger charge is 2.65. The van der Waals surface area contributed by atoms with Crippen molar-refractivity contribution in [2.45, 2.75) is 292 Å². The van der Waals surface area contributed by atoms with E-state index in [9.17, 15) is 84.1 Å². The van der Waals surface area contributed by atoms with Gasteiger partial charge in [0.25, 0.3) is 0 Å². The summed E-state index contributed by atoms with van der Waals surface area (Å²) in [7, 11) is -3.79. The van der Waals surface area contributed by atoms with Crippen LogP contribution in [0.3, 0.4) is 0 Å². The predicted octanol–water partition coefficient (Wildman–Crippen LogP) is -2.11. The molecule has 508 valence electrons. The minimum Gasteiger partial charge on any atom is -0.389 e. The lowest BCUT2D eigenvalue weighted by atomic mass is 9.47. The van der Waals surface area contributed by atoms with Gasteiger partial charge in [-0.3, -0.25) is 9.35 Å². The van der Waals surface area contributed by atoms with Gasteiger partial charge in [0.15, 0.2) is 37.7 Å². The molecule has 5 heterocycles. The topological polar surface area (TPSA) is 445 Å². The zero-order chi connectivity index (χ0) is 65.0. The fourth-order valence-corrected chi connectivity index (χ4v) is 16.5. The second kappa shape index (κ2) is 26.5. The molecule has 88 heavy (non-hydrogen) atoms. The summed E-state index contributed by atoms with van der Waals surface area (Å²) in [5.41, 5.74) is -1.45. The highest BCUT2D eigenvalue weighted by molar-refractivity contribution is 7.80. The molecular weight excluding hydrogens is 1190 g/mol. The number of aliphatic hydroxyl groups is 13. The number of methoxy groups -OCH3 is 1. The lowest BCUT2D eigenvalue weighted by Crippen LogP contribution is -2.70. The maximum atomic E-state index is 13.6. The first-order valence-corrected chi connectivity index (χ1v) is 32.2. The number of fused-ring (bicyclic) bond motifs is 5. The highest BCUT2D eigenvalue weighted by Crippen LogP contribution is 2.67. The van der Waals surface area contributed by atoms with Crippen LogP contribution in [0, 0.1) is 46.3 Å². The zero-order valence-corrected chi connectivity index (χ0v) is 52.3. The van der Waals surface area contributed by atoms with Crippen molar-refractivity contribution in [2.75, 3.05) is 7.11 Å². The van der Waals surface area contributed by atoms with Gasteiger partial charge in [-0.25, -0.2) is 4.18 Å². The fourth-order valence-electron chi connectivity index (χ4n) is 16.0. The number of aliphatic hydroxyl groups excluding tert-OH is 10. The number of rotatable bonds is 18. The van der Waals surface area contributed by atoms with Crippen LogP contribution >= 0.6 is 0 Å². The lowest BCUT2D eigenvalue weighted by molar-refractivity contribution is -0.435. The standard InChI is InChI=1S/C58H96O29S/c1-21(2)22(3)32(59)20-57(10,70)34-13-12-29-28-19-33(31-18-27(87-88(73,74)75)14-16-55(31,8)30(28)15-17-56(29,34)9)81-52-44(69)48(58(71,72)26(7)80-52)85-53-47(84-51-41(66)38(63)36(61)24(5)78-51)43(68)45(25(6)79-53)82-54-46(39(64)42(67)49(76-11)86-54)83-50-40(65)37(62)35(60)23(4)77-50/h15,21-29,31,33-54,60-72H,12-14,16-20H2,1-11H3,(H,73,74,75)/t22-,23+,24+,25+,26+,27-,28-,29-,31+,33-,34-,35-,36+,37-,38-,39-,40+,41+,42+,43-,44+,45+,46+,47+,48+,49-,50-,51-,52-,53-,54+,55+,56-,57-/m0/s1. The second-order valence-corrected chi connectivity index (χ2v) is 28.6. The first-order chi connectivity index (χ1) is 40.9.